The van der Waals surface area contributed by atoms with Gasteiger partial charge in [0.2, 0.25) is 5.91 Å². The maximum Gasteiger partial charge on any atom is 0.225 e. The van der Waals surface area contributed by atoms with Crippen LogP contribution in [-0.4, -0.2) is 42.1 Å². The van der Waals surface area contributed by atoms with E-state index in [1.807, 2.05) is 18.2 Å². The van der Waals surface area contributed by atoms with Crippen molar-refractivity contribution in [3.8, 4) is 0 Å². The molecule has 2 aromatic heterocycles. The molecule has 138 valence electrons. The smallest absolute Gasteiger partial charge is 0.225 e. The first-order valence-corrected chi connectivity index (χ1v) is 9.23. The Bertz CT molecular complexity index is 711. The molecular weight excluding hydrogens is 330 g/mol. The van der Waals surface area contributed by atoms with Crippen LogP contribution in [0.5, 0.6) is 0 Å². The predicted octanol–water partition coefficient (Wildman–Crippen LogP) is 2.22. The highest BCUT2D eigenvalue weighted by Gasteiger charge is 2.50. The molecule has 0 radical (unpaired) electrons. The van der Waals surface area contributed by atoms with Crippen molar-refractivity contribution in [3.63, 3.8) is 0 Å². The largest absolute Gasteiger partial charge is 0.472 e. The molecule has 1 amide bonds. The summed E-state index contributed by atoms with van der Waals surface area (Å²) in [7, 11) is 0. The van der Waals surface area contributed by atoms with Gasteiger partial charge in [0, 0.05) is 62.8 Å². The van der Waals surface area contributed by atoms with Crippen LogP contribution in [0.25, 0.3) is 0 Å². The lowest BCUT2D eigenvalue weighted by molar-refractivity contribution is -0.130. The third kappa shape index (κ3) is 3.66. The van der Waals surface area contributed by atoms with Crippen molar-refractivity contribution in [1.29, 1.82) is 0 Å². The lowest BCUT2D eigenvalue weighted by Crippen LogP contribution is -2.44. The van der Waals surface area contributed by atoms with Crippen LogP contribution in [0.15, 0.2) is 47.5 Å². The fraction of sp³-hybridized carbons (Fsp3) is 0.500. The third-order valence-corrected chi connectivity index (χ3v) is 5.73. The predicted molar refractivity (Wildman–Crippen MR) is 96.0 cm³/mol. The zero-order valence-electron chi connectivity index (χ0n) is 14.9. The number of hydrogen-bond donors (Lipinski definition) is 1. The van der Waals surface area contributed by atoms with Gasteiger partial charge < -0.3 is 14.5 Å². The van der Waals surface area contributed by atoms with E-state index < -0.39 is 0 Å². The molecule has 2 aromatic rings. The number of amides is 1. The molecular formula is C20H25N3O3. The molecule has 2 saturated heterocycles. The van der Waals surface area contributed by atoms with Gasteiger partial charge in [0.05, 0.1) is 18.4 Å². The number of ether oxygens (including phenoxy) is 1. The first-order valence-electron chi connectivity index (χ1n) is 9.23. The van der Waals surface area contributed by atoms with Crippen LogP contribution in [0.2, 0.25) is 0 Å². The summed E-state index contributed by atoms with van der Waals surface area (Å²) in [6.45, 7) is 4.59. The van der Waals surface area contributed by atoms with Gasteiger partial charge in [-0.3, -0.25) is 14.7 Å². The van der Waals surface area contributed by atoms with Crippen LogP contribution in [0.4, 0.5) is 0 Å². The minimum atomic E-state index is 0.000128. The Hall–Kier alpha value is -2.18. The summed E-state index contributed by atoms with van der Waals surface area (Å²) in [4.78, 5) is 19.4. The molecule has 1 atom stereocenters. The lowest BCUT2D eigenvalue weighted by Gasteiger charge is -2.37. The maximum absolute atomic E-state index is 13.0. The zero-order chi connectivity index (χ0) is 17.8. The number of carbonyl (C=O) groups is 1. The number of likely N-dealkylation sites (tertiary alicyclic amines) is 1. The van der Waals surface area contributed by atoms with E-state index in [2.05, 4.69) is 15.2 Å². The van der Waals surface area contributed by atoms with E-state index in [9.17, 15) is 4.79 Å². The van der Waals surface area contributed by atoms with Gasteiger partial charge in [0.15, 0.2) is 0 Å². The van der Waals surface area contributed by atoms with Crippen molar-refractivity contribution in [1.82, 2.24) is 15.2 Å². The molecule has 4 heterocycles. The van der Waals surface area contributed by atoms with Gasteiger partial charge in [-0.1, -0.05) is 0 Å². The average Bonchev–Trinajstić information content (AvgIpc) is 3.30. The highest BCUT2D eigenvalue weighted by Crippen LogP contribution is 2.44. The van der Waals surface area contributed by atoms with Crippen molar-refractivity contribution < 1.29 is 13.9 Å². The maximum atomic E-state index is 13.0. The number of furan rings is 1. The summed E-state index contributed by atoms with van der Waals surface area (Å²) in [6, 6.07) is 5.86. The molecule has 1 spiro atoms. The number of pyridine rings is 1. The Balaban J connectivity index is 1.45. The van der Waals surface area contributed by atoms with Crippen LogP contribution >= 0.6 is 0 Å². The Morgan fingerprint density at radius 1 is 1.23 bits per heavy atom. The Kier molecular flexibility index (Phi) is 5.04. The number of rotatable bonds is 5. The Labute approximate surface area is 153 Å². The van der Waals surface area contributed by atoms with Crippen molar-refractivity contribution in [2.45, 2.75) is 25.9 Å². The van der Waals surface area contributed by atoms with E-state index in [1.54, 1.807) is 24.9 Å². The number of aromatic nitrogens is 1. The highest BCUT2D eigenvalue weighted by atomic mass is 16.5. The molecule has 2 fully saturated rings. The zero-order valence-corrected chi connectivity index (χ0v) is 14.9. The second kappa shape index (κ2) is 7.60. The van der Waals surface area contributed by atoms with Crippen LogP contribution in [-0.2, 0) is 22.6 Å². The SMILES string of the molecule is O=C(NCc1ccncc1)C1CN(Cc2ccoc2)CC12CCOCC2. The van der Waals surface area contributed by atoms with E-state index in [4.69, 9.17) is 9.15 Å². The molecule has 1 N–H and O–H groups in total. The monoisotopic (exact) mass is 355 g/mol. The van der Waals surface area contributed by atoms with Gasteiger partial charge in [-0.05, 0) is 36.6 Å². The van der Waals surface area contributed by atoms with Gasteiger partial charge in [-0.25, -0.2) is 0 Å². The van der Waals surface area contributed by atoms with E-state index in [-0.39, 0.29) is 17.2 Å². The van der Waals surface area contributed by atoms with Crippen molar-refractivity contribution in [3.05, 3.63) is 54.2 Å². The molecule has 6 heteroatoms. The highest BCUT2D eigenvalue weighted by molar-refractivity contribution is 5.80. The fourth-order valence-corrected chi connectivity index (χ4v) is 4.29. The van der Waals surface area contributed by atoms with Crippen molar-refractivity contribution in [2.75, 3.05) is 26.3 Å². The fourth-order valence-electron chi connectivity index (χ4n) is 4.29. The molecule has 6 nitrogen and oxygen atoms in total. The summed E-state index contributed by atoms with van der Waals surface area (Å²) in [5, 5.41) is 3.14. The molecule has 26 heavy (non-hydrogen) atoms. The van der Waals surface area contributed by atoms with Gasteiger partial charge >= 0.3 is 0 Å². The summed E-state index contributed by atoms with van der Waals surface area (Å²) < 4.78 is 10.8. The second-order valence-electron chi connectivity index (χ2n) is 7.40. The van der Waals surface area contributed by atoms with E-state index in [0.29, 0.717) is 6.54 Å². The third-order valence-electron chi connectivity index (χ3n) is 5.73. The second-order valence-corrected chi connectivity index (χ2v) is 7.40. The first-order chi connectivity index (χ1) is 12.8. The van der Waals surface area contributed by atoms with Gasteiger partial charge in [0.25, 0.3) is 0 Å². The Morgan fingerprint density at radius 2 is 2.04 bits per heavy atom. The van der Waals surface area contributed by atoms with Crippen molar-refractivity contribution >= 4 is 5.91 Å². The summed E-state index contributed by atoms with van der Waals surface area (Å²) in [6.07, 6.45) is 8.89. The average molecular weight is 355 g/mol. The molecule has 0 aliphatic carbocycles. The normalized spacial score (nSPS) is 22.5. The van der Waals surface area contributed by atoms with Gasteiger partial charge in [-0.15, -0.1) is 0 Å². The molecule has 0 saturated carbocycles. The number of hydrogen-bond acceptors (Lipinski definition) is 5. The molecule has 1 unspecified atom stereocenters. The van der Waals surface area contributed by atoms with Gasteiger partial charge in [-0.2, -0.15) is 0 Å². The summed E-state index contributed by atoms with van der Waals surface area (Å²) in [5.41, 5.74) is 2.25. The van der Waals surface area contributed by atoms with Gasteiger partial charge in [0.1, 0.15) is 0 Å². The van der Waals surface area contributed by atoms with Crippen molar-refractivity contribution in [2.24, 2.45) is 11.3 Å². The topological polar surface area (TPSA) is 67.6 Å². The van der Waals surface area contributed by atoms with Crippen LogP contribution < -0.4 is 5.32 Å². The minimum Gasteiger partial charge on any atom is -0.472 e. The number of nitrogens with one attached hydrogen (secondary N) is 1. The molecule has 2 aliphatic rings. The molecule has 0 bridgehead atoms. The van der Waals surface area contributed by atoms with Crippen LogP contribution in [0.1, 0.15) is 24.0 Å². The van der Waals surface area contributed by atoms with Crippen LogP contribution in [0, 0.1) is 11.3 Å². The quantitative estimate of drug-likeness (QED) is 0.891. The first kappa shape index (κ1) is 17.2. The molecule has 4 rings (SSSR count). The summed E-state index contributed by atoms with van der Waals surface area (Å²) >= 11 is 0. The Morgan fingerprint density at radius 3 is 2.77 bits per heavy atom. The number of nitrogens with zero attached hydrogens (tertiary/aromatic N) is 2. The van der Waals surface area contributed by atoms with E-state index >= 15 is 0 Å². The number of carbonyl (C=O) groups excluding carboxylic acids is 1. The van der Waals surface area contributed by atoms with E-state index in [0.717, 1.165) is 56.8 Å². The lowest BCUT2D eigenvalue weighted by atomic mass is 9.71. The minimum absolute atomic E-state index is 0.000128. The van der Waals surface area contributed by atoms with Crippen LogP contribution in [0.3, 0.4) is 0 Å². The standard InChI is InChI=1S/C20H25N3O3/c24-19(22-11-16-1-6-21-7-2-16)18-13-23(12-17-3-8-26-14-17)15-20(18)4-9-25-10-5-20/h1-3,6-8,14,18H,4-5,9-13,15H2,(H,22,24). The van der Waals surface area contributed by atoms with E-state index in [1.165, 1.54) is 0 Å². The summed E-state index contributed by atoms with van der Waals surface area (Å²) in [5.74, 6) is 0.151. The molecule has 0 aromatic carbocycles. The molecule has 2 aliphatic heterocycles.